The van der Waals surface area contributed by atoms with E-state index < -0.39 is 0 Å². The van der Waals surface area contributed by atoms with Crippen LogP contribution in [0, 0.1) is 0 Å². The number of hydrogen-bond acceptors (Lipinski definition) is 5. The van der Waals surface area contributed by atoms with Gasteiger partial charge in [-0.05, 0) is 42.1 Å². The van der Waals surface area contributed by atoms with Gasteiger partial charge in [-0.2, -0.15) is 0 Å². The minimum absolute atomic E-state index is 0.731. The summed E-state index contributed by atoms with van der Waals surface area (Å²) in [7, 11) is 0. The molecule has 0 amide bonds. The molecule has 0 aliphatic carbocycles. The molecular weight excluding hydrogens is 226 g/mol. The zero-order chi connectivity index (χ0) is 10.5. The molecule has 5 heteroatoms. The summed E-state index contributed by atoms with van der Waals surface area (Å²) in [5, 5.41) is 9.21. The fraction of sp³-hybridized carbons (Fsp3) is 0.200. The highest BCUT2D eigenvalue weighted by Crippen LogP contribution is 2.17. The Labute approximate surface area is 97.1 Å². The molecule has 2 aromatic rings. The average Bonchev–Trinajstić information content (AvgIpc) is 2.80. The number of aromatic nitrogens is 2. The minimum atomic E-state index is 0.731. The Morgan fingerprint density at radius 1 is 1.33 bits per heavy atom. The van der Waals surface area contributed by atoms with Crippen molar-refractivity contribution in [3.05, 3.63) is 35.3 Å². The van der Waals surface area contributed by atoms with Crippen molar-refractivity contribution in [2.24, 2.45) is 0 Å². The first-order chi connectivity index (χ1) is 7.38. The van der Waals surface area contributed by atoms with E-state index in [1.54, 1.807) is 11.8 Å². The lowest BCUT2D eigenvalue weighted by molar-refractivity contribution is 0.998. The monoisotopic (exact) mass is 237 g/mol. The molecule has 0 aliphatic rings. The molecule has 15 heavy (non-hydrogen) atoms. The molecule has 0 atom stereocenters. The number of nitrogens with one attached hydrogen (secondary N) is 1. The summed E-state index contributed by atoms with van der Waals surface area (Å²) in [5.41, 5.74) is 2.09. The van der Waals surface area contributed by atoms with E-state index in [-0.39, 0.29) is 0 Å². The highest BCUT2D eigenvalue weighted by atomic mass is 32.2. The lowest BCUT2D eigenvalue weighted by Crippen LogP contribution is -1.99. The Hall–Kier alpha value is -1.07. The number of thioether (sulfide) groups is 1. The van der Waals surface area contributed by atoms with Crippen molar-refractivity contribution in [1.29, 1.82) is 0 Å². The van der Waals surface area contributed by atoms with Crippen molar-refractivity contribution in [3.8, 4) is 0 Å². The molecule has 1 aromatic carbocycles. The van der Waals surface area contributed by atoms with Crippen LogP contribution in [0.25, 0.3) is 0 Å². The van der Waals surface area contributed by atoms with Gasteiger partial charge >= 0.3 is 0 Å². The number of benzene rings is 1. The van der Waals surface area contributed by atoms with E-state index in [1.807, 2.05) is 5.38 Å². The standard InChI is InChI=1S/C10H11N3S2/c1-14-10-4-2-8(3-5-10)11-6-9-7-15-13-12-9/h2-5,7,11H,6H2,1H3. The first kappa shape index (κ1) is 10.4. The van der Waals surface area contributed by atoms with Gasteiger partial charge in [0, 0.05) is 16.0 Å². The second-order valence-corrected chi connectivity index (χ2v) is 4.47. The molecule has 0 saturated heterocycles. The third-order valence-corrected chi connectivity index (χ3v) is 3.27. The maximum absolute atomic E-state index is 3.97. The van der Waals surface area contributed by atoms with E-state index in [1.165, 1.54) is 16.4 Å². The lowest BCUT2D eigenvalue weighted by atomic mass is 10.3. The molecule has 78 valence electrons. The van der Waals surface area contributed by atoms with Gasteiger partial charge in [-0.15, -0.1) is 16.9 Å². The topological polar surface area (TPSA) is 37.8 Å². The third-order valence-electron chi connectivity index (χ3n) is 1.97. The average molecular weight is 237 g/mol. The Bertz CT molecular complexity index is 397. The summed E-state index contributed by atoms with van der Waals surface area (Å²) >= 11 is 3.12. The highest BCUT2D eigenvalue weighted by molar-refractivity contribution is 7.98. The summed E-state index contributed by atoms with van der Waals surface area (Å²) in [4.78, 5) is 1.27. The van der Waals surface area contributed by atoms with E-state index in [2.05, 4.69) is 45.4 Å². The SMILES string of the molecule is CSc1ccc(NCc2csnn2)cc1. The van der Waals surface area contributed by atoms with Crippen LogP contribution in [0.2, 0.25) is 0 Å². The fourth-order valence-corrected chi connectivity index (χ4v) is 2.02. The normalized spacial score (nSPS) is 10.2. The van der Waals surface area contributed by atoms with Crippen molar-refractivity contribution in [2.45, 2.75) is 11.4 Å². The highest BCUT2D eigenvalue weighted by Gasteiger charge is 1.96. The van der Waals surface area contributed by atoms with Crippen LogP contribution in [0.1, 0.15) is 5.69 Å². The Balaban J connectivity index is 1.93. The molecule has 0 saturated carbocycles. The van der Waals surface area contributed by atoms with E-state index in [0.29, 0.717) is 0 Å². The first-order valence-electron chi connectivity index (χ1n) is 4.52. The van der Waals surface area contributed by atoms with Crippen LogP contribution < -0.4 is 5.32 Å². The molecule has 0 spiro atoms. The Morgan fingerprint density at radius 2 is 2.13 bits per heavy atom. The summed E-state index contributed by atoms with van der Waals surface area (Å²) < 4.78 is 3.81. The lowest BCUT2D eigenvalue weighted by Gasteiger charge is -2.04. The molecule has 0 aliphatic heterocycles. The zero-order valence-corrected chi connectivity index (χ0v) is 9.94. The molecule has 0 bridgehead atoms. The van der Waals surface area contributed by atoms with Gasteiger partial charge < -0.3 is 5.32 Å². The van der Waals surface area contributed by atoms with Crippen LogP contribution in [0.5, 0.6) is 0 Å². The summed E-state index contributed by atoms with van der Waals surface area (Å²) in [5.74, 6) is 0. The van der Waals surface area contributed by atoms with Crippen LogP contribution >= 0.6 is 23.3 Å². The minimum Gasteiger partial charge on any atom is -0.379 e. The van der Waals surface area contributed by atoms with Gasteiger partial charge in [0.1, 0.15) is 0 Å². The third kappa shape index (κ3) is 2.94. The molecule has 0 fully saturated rings. The van der Waals surface area contributed by atoms with Crippen LogP contribution in [0.15, 0.2) is 34.5 Å². The maximum atomic E-state index is 3.97. The van der Waals surface area contributed by atoms with Gasteiger partial charge in [0.2, 0.25) is 0 Å². The van der Waals surface area contributed by atoms with Crippen molar-refractivity contribution >= 4 is 29.0 Å². The largest absolute Gasteiger partial charge is 0.379 e. The molecule has 0 radical (unpaired) electrons. The van der Waals surface area contributed by atoms with Crippen molar-refractivity contribution < 1.29 is 0 Å². The van der Waals surface area contributed by atoms with Gasteiger partial charge in [-0.1, -0.05) is 4.49 Å². The molecule has 3 nitrogen and oxygen atoms in total. The smallest absolute Gasteiger partial charge is 0.0946 e. The van der Waals surface area contributed by atoms with Gasteiger partial charge in [0.05, 0.1) is 12.2 Å². The van der Waals surface area contributed by atoms with Crippen LogP contribution in [-0.2, 0) is 6.54 Å². The predicted molar refractivity (Wildman–Crippen MR) is 65.5 cm³/mol. The van der Waals surface area contributed by atoms with Crippen LogP contribution in [0.4, 0.5) is 5.69 Å². The van der Waals surface area contributed by atoms with Crippen LogP contribution in [-0.4, -0.2) is 15.8 Å². The number of anilines is 1. The summed E-state index contributed by atoms with van der Waals surface area (Å²) in [6, 6.07) is 8.36. The molecule has 1 N–H and O–H groups in total. The van der Waals surface area contributed by atoms with E-state index >= 15 is 0 Å². The Morgan fingerprint density at radius 3 is 2.73 bits per heavy atom. The quantitative estimate of drug-likeness (QED) is 0.830. The Kier molecular flexibility index (Phi) is 3.58. The van der Waals surface area contributed by atoms with E-state index in [0.717, 1.165) is 17.9 Å². The summed E-state index contributed by atoms with van der Waals surface area (Å²) in [6.45, 7) is 0.731. The molecule has 1 heterocycles. The maximum Gasteiger partial charge on any atom is 0.0946 e. The fourth-order valence-electron chi connectivity index (χ4n) is 1.16. The first-order valence-corrected chi connectivity index (χ1v) is 6.58. The second-order valence-electron chi connectivity index (χ2n) is 2.98. The zero-order valence-electron chi connectivity index (χ0n) is 8.30. The van der Waals surface area contributed by atoms with E-state index in [9.17, 15) is 0 Å². The van der Waals surface area contributed by atoms with Gasteiger partial charge in [0.15, 0.2) is 0 Å². The van der Waals surface area contributed by atoms with Crippen molar-refractivity contribution in [2.75, 3.05) is 11.6 Å². The number of rotatable bonds is 4. The van der Waals surface area contributed by atoms with Gasteiger partial charge in [-0.3, -0.25) is 0 Å². The summed E-state index contributed by atoms with van der Waals surface area (Å²) in [6.07, 6.45) is 2.07. The van der Waals surface area contributed by atoms with Crippen molar-refractivity contribution in [3.63, 3.8) is 0 Å². The van der Waals surface area contributed by atoms with E-state index in [4.69, 9.17) is 0 Å². The van der Waals surface area contributed by atoms with Crippen LogP contribution in [0.3, 0.4) is 0 Å². The number of nitrogens with zero attached hydrogens (tertiary/aromatic N) is 2. The number of hydrogen-bond donors (Lipinski definition) is 1. The predicted octanol–water partition coefficient (Wildman–Crippen LogP) is 2.87. The molecular formula is C10H11N3S2. The van der Waals surface area contributed by atoms with Gasteiger partial charge in [-0.25, -0.2) is 0 Å². The van der Waals surface area contributed by atoms with Gasteiger partial charge in [0.25, 0.3) is 0 Å². The molecule has 1 aromatic heterocycles. The van der Waals surface area contributed by atoms with Crippen molar-refractivity contribution in [1.82, 2.24) is 9.59 Å². The molecule has 0 unspecified atom stereocenters. The second kappa shape index (κ2) is 5.14. The molecule has 2 rings (SSSR count).